The van der Waals surface area contributed by atoms with E-state index in [-0.39, 0.29) is 0 Å². The van der Waals surface area contributed by atoms with Crippen LogP contribution in [0.15, 0.2) is 72.8 Å². The van der Waals surface area contributed by atoms with Gasteiger partial charge in [0.1, 0.15) is 0 Å². The van der Waals surface area contributed by atoms with E-state index >= 15 is 0 Å². The first kappa shape index (κ1) is 17.8. The first-order valence-electron chi connectivity index (χ1n) is 8.80. The topological polar surface area (TPSA) is 9.23 Å². The second-order valence-corrected chi connectivity index (χ2v) is 10.7. The van der Waals surface area contributed by atoms with Gasteiger partial charge in [-0.05, 0) is 0 Å². The number of rotatable bonds is 6. The van der Waals surface area contributed by atoms with E-state index in [0.717, 1.165) is 11.0 Å². The molecule has 3 aromatic rings. The Balaban J connectivity index is 2.07. The number of hydrogen-bond donors (Lipinski definition) is 0. The molecule has 0 aromatic heterocycles. The molecular formula is C23H25AsO+. The molecular weight excluding hydrogens is 367 g/mol. The molecule has 0 spiro atoms. The number of para-hydroxylation sites is 1. The van der Waals surface area contributed by atoms with E-state index in [1.54, 1.807) is 0 Å². The molecule has 0 heterocycles. The average Bonchev–Trinajstić information content (AvgIpc) is 2.63. The number of aryl methyl sites for hydroxylation is 2. The van der Waals surface area contributed by atoms with Crippen LogP contribution in [0.4, 0.5) is 0 Å². The van der Waals surface area contributed by atoms with Crippen molar-refractivity contribution >= 4 is 23.4 Å². The van der Waals surface area contributed by atoms with Gasteiger partial charge in [-0.15, -0.1) is 0 Å². The molecule has 0 fully saturated rings. The maximum atomic E-state index is 5.89. The zero-order chi connectivity index (χ0) is 17.6. The van der Waals surface area contributed by atoms with Crippen LogP contribution in [0.5, 0.6) is 5.75 Å². The summed E-state index contributed by atoms with van der Waals surface area (Å²) in [6, 6.07) is 26.3. The predicted molar refractivity (Wildman–Crippen MR) is 109 cm³/mol. The molecule has 0 aliphatic heterocycles. The number of hydrogen-bond acceptors (Lipinski definition) is 1. The minimum atomic E-state index is -1.47. The van der Waals surface area contributed by atoms with Crippen molar-refractivity contribution in [1.29, 1.82) is 0 Å². The summed E-state index contributed by atoms with van der Waals surface area (Å²) < 4.78 is 8.97. The molecule has 1 nitrogen and oxygen atoms in total. The Morgan fingerprint density at radius 3 is 1.80 bits per heavy atom. The van der Waals surface area contributed by atoms with Crippen molar-refractivity contribution < 1.29 is 4.74 Å². The van der Waals surface area contributed by atoms with Crippen LogP contribution in [0.2, 0.25) is 0 Å². The first-order chi connectivity index (χ1) is 12.2. The van der Waals surface area contributed by atoms with Gasteiger partial charge in [-0.2, -0.15) is 0 Å². The zero-order valence-electron chi connectivity index (χ0n) is 15.2. The van der Waals surface area contributed by atoms with Crippen LogP contribution in [-0.4, -0.2) is 21.3 Å². The van der Waals surface area contributed by atoms with Gasteiger partial charge in [-0.25, -0.2) is 0 Å². The predicted octanol–water partition coefficient (Wildman–Crippen LogP) is 4.09. The van der Waals surface area contributed by atoms with Crippen molar-refractivity contribution in [2.24, 2.45) is 0 Å². The molecule has 0 amide bonds. The fourth-order valence-corrected chi connectivity index (χ4v) is 8.87. The second-order valence-electron chi connectivity index (χ2n) is 6.20. The maximum absolute atomic E-state index is 5.89. The van der Waals surface area contributed by atoms with Crippen LogP contribution in [0.1, 0.15) is 23.6 Å². The summed E-state index contributed by atoms with van der Waals surface area (Å²) in [5.41, 5.74) is 4.13. The van der Waals surface area contributed by atoms with Gasteiger partial charge in [0, 0.05) is 0 Å². The Bertz CT molecular complexity index is 795. The second kappa shape index (κ2) is 8.41. The molecule has 3 aromatic carbocycles. The molecule has 0 atom stereocenters. The zero-order valence-corrected chi connectivity index (χ0v) is 17.1. The summed E-state index contributed by atoms with van der Waals surface area (Å²) in [4.78, 5) is 0. The Morgan fingerprint density at radius 1 is 0.720 bits per heavy atom. The Labute approximate surface area is 155 Å². The molecule has 0 aliphatic carbocycles. The molecule has 0 aliphatic rings. The summed E-state index contributed by atoms with van der Waals surface area (Å²) in [7, 11) is 0. The van der Waals surface area contributed by atoms with Gasteiger partial charge in [0.05, 0.1) is 0 Å². The SMILES string of the molecule is CCOc1ccccc1C[As+](c1ccccc1C)c1ccccc1C. The van der Waals surface area contributed by atoms with Crippen molar-refractivity contribution in [1.82, 2.24) is 0 Å². The van der Waals surface area contributed by atoms with Crippen LogP contribution in [0, 0.1) is 13.8 Å². The number of ether oxygens (including phenoxy) is 1. The Hall–Kier alpha value is -1.98. The third-order valence-electron chi connectivity index (χ3n) is 4.41. The Morgan fingerprint density at radius 2 is 1.24 bits per heavy atom. The van der Waals surface area contributed by atoms with E-state index in [9.17, 15) is 0 Å². The van der Waals surface area contributed by atoms with Crippen LogP contribution in [0.25, 0.3) is 0 Å². The standard InChI is InChI=1S/C23H25AsO/c1-4-25-23-16-10-7-13-20(23)17-24(21-14-8-5-11-18(21)2)22-15-9-6-12-19(22)3/h5-16H,4,17H2,1-3H3/q+1. The van der Waals surface area contributed by atoms with E-state index in [0.29, 0.717) is 6.61 Å². The molecule has 25 heavy (non-hydrogen) atoms. The normalized spacial score (nSPS) is 10.9. The van der Waals surface area contributed by atoms with Crippen LogP contribution in [-0.2, 0) is 5.21 Å². The molecule has 0 N–H and O–H groups in total. The average molecular weight is 392 g/mol. The molecule has 127 valence electrons. The van der Waals surface area contributed by atoms with E-state index < -0.39 is 14.7 Å². The van der Waals surface area contributed by atoms with Gasteiger partial charge in [-0.1, -0.05) is 0 Å². The van der Waals surface area contributed by atoms with Crippen molar-refractivity contribution in [3.63, 3.8) is 0 Å². The molecule has 1 radical (unpaired) electrons. The minimum absolute atomic E-state index is 0.707. The third kappa shape index (κ3) is 4.17. The van der Waals surface area contributed by atoms with Gasteiger partial charge in [-0.3, -0.25) is 0 Å². The van der Waals surface area contributed by atoms with Crippen molar-refractivity contribution in [3.05, 3.63) is 89.5 Å². The summed E-state index contributed by atoms with van der Waals surface area (Å²) in [6.45, 7) is 7.24. The third-order valence-corrected chi connectivity index (χ3v) is 10.3. The Kier molecular flexibility index (Phi) is 5.99. The first-order valence-corrected chi connectivity index (χ1v) is 12.0. The molecule has 2 heteroatoms. The van der Waals surface area contributed by atoms with E-state index in [1.165, 1.54) is 25.4 Å². The molecule has 0 saturated carbocycles. The molecule has 0 bridgehead atoms. The van der Waals surface area contributed by atoms with Crippen molar-refractivity contribution in [2.75, 3.05) is 6.61 Å². The van der Waals surface area contributed by atoms with E-state index in [4.69, 9.17) is 4.74 Å². The number of benzene rings is 3. The van der Waals surface area contributed by atoms with E-state index in [2.05, 4.69) is 93.6 Å². The van der Waals surface area contributed by atoms with Gasteiger partial charge in [0.25, 0.3) is 0 Å². The molecule has 3 rings (SSSR count). The van der Waals surface area contributed by atoms with Crippen LogP contribution in [0.3, 0.4) is 0 Å². The summed E-state index contributed by atoms with van der Waals surface area (Å²) in [6.07, 6.45) is 0. The van der Waals surface area contributed by atoms with Crippen molar-refractivity contribution in [2.45, 2.75) is 26.0 Å². The molecule has 0 saturated heterocycles. The summed E-state index contributed by atoms with van der Waals surface area (Å²) >= 11 is -1.47. The summed E-state index contributed by atoms with van der Waals surface area (Å²) in [5, 5.41) is 1.08. The fraction of sp³-hybridized carbons (Fsp3) is 0.217. The monoisotopic (exact) mass is 392 g/mol. The quantitative estimate of drug-likeness (QED) is 0.574. The van der Waals surface area contributed by atoms with Gasteiger partial charge in [0.15, 0.2) is 0 Å². The van der Waals surface area contributed by atoms with Crippen LogP contribution < -0.4 is 13.4 Å². The van der Waals surface area contributed by atoms with Crippen molar-refractivity contribution in [3.8, 4) is 5.75 Å². The van der Waals surface area contributed by atoms with Crippen LogP contribution >= 0.6 is 0 Å². The van der Waals surface area contributed by atoms with Gasteiger partial charge < -0.3 is 0 Å². The fourth-order valence-electron chi connectivity index (χ4n) is 3.13. The van der Waals surface area contributed by atoms with E-state index in [1.807, 2.05) is 0 Å². The van der Waals surface area contributed by atoms with Gasteiger partial charge in [0.2, 0.25) is 0 Å². The van der Waals surface area contributed by atoms with Gasteiger partial charge >= 0.3 is 156 Å². The molecule has 0 unspecified atom stereocenters. The summed E-state index contributed by atoms with van der Waals surface area (Å²) in [5.74, 6) is 1.03.